The van der Waals surface area contributed by atoms with Gasteiger partial charge in [-0.25, -0.2) is 9.37 Å². The van der Waals surface area contributed by atoms with Crippen molar-refractivity contribution in [3.8, 4) is 0 Å². The highest BCUT2D eigenvalue weighted by molar-refractivity contribution is 5.82. The molecular formula is C23H27FN8O2. The molecule has 1 aliphatic heterocycles. The molecule has 1 atom stereocenters. The lowest BCUT2D eigenvalue weighted by molar-refractivity contribution is -0.125. The molecule has 0 spiro atoms. The Kier molecular flexibility index (Phi) is 7.43. The Balaban J connectivity index is 1.49. The van der Waals surface area contributed by atoms with Crippen LogP contribution in [0.4, 0.5) is 27.8 Å². The van der Waals surface area contributed by atoms with E-state index in [-0.39, 0.29) is 23.7 Å². The van der Waals surface area contributed by atoms with E-state index in [1.807, 2.05) is 17.9 Å². The van der Waals surface area contributed by atoms with Gasteiger partial charge in [-0.3, -0.25) is 9.78 Å². The number of hydrogen-bond donors (Lipinski definition) is 3. The fourth-order valence-corrected chi connectivity index (χ4v) is 3.50. The number of methoxy groups -OCH3 is 1. The number of carbonyl (C=O) groups excluding carboxylic acids is 1. The van der Waals surface area contributed by atoms with E-state index in [1.165, 1.54) is 12.1 Å². The molecule has 2 aromatic heterocycles. The maximum absolute atomic E-state index is 13.3. The zero-order chi connectivity index (χ0) is 23.9. The van der Waals surface area contributed by atoms with E-state index < -0.39 is 0 Å². The van der Waals surface area contributed by atoms with Gasteiger partial charge in [0.25, 0.3) is 0 Å². The standard InChI is InChI=1S/C23H27FN8O2/c1-15(16-3-5-18(24)6-4-16)28-23-30-19(29-20-12-25-7-8-26-20)11-21(31-23)32-13-17(14-32)22(33)27-9-10-34-2/h3-8,11-12,15,17H,9-10,13-14H2,1-2H3,(H,27,33)(H2,26,28,29,30,31)/t15-/m0/s1. The van der Waals surface area contributed by atoms with Crippen molar-refractivity contribution in [1.29, 1.82) is 0 Å². The largest absolute Gasteiger partial charge is 0.383 e. The first kappa shape index (κ1) is 23.3. The second kappa shape index (κ2) is 10.8. The topological polar surface area (TPSA) is 117 Å². The summed E-state index contributed by atoms with van der Waals surface area (Å²) in [5.74, 6) is 1.76. The minimum absolute atomic E-state index is 0.00328. The maximum Gasteiger partial charge on any atom is 0.227 e. The number of benzene rings is 1. The highest BCUT2D eigenvalue weighted by Gasteiger charge is 2.33. The fraction of sp³-hybridized carbons (Fsp3) is 0.348. The Hall–Kier alpha value is -3.86. The zero-order valence-electron chi connectivity index (χ0n) is 19.0. The summed E-state index contributed by atoms with van der Waals surface area (Å²) in [5.41, 5.74) is 0.899. The highest BCUT2D eigenvalue weighted by Crippen LogP contribution is 2.28. The minimum Gasteiger partial charge on any atom is -0.383 e. The lowest BCUT2D eigenvalue weighted by atomic mass is 9.99. The average Bonchev–Trinajstić information content (AvgIpc) is 2.79. The van der Waals surface area contributed by atoms with Crippen molar-refractivity contribution < 1.29 is 13.9 Å². The molecule has 4 rings (SSSR count). The van der Waals surface area contributed by atoms with E-state index in [2.05, 4.69) is 35.9 Å². The summed E-state index contributed by atoms with van der Waals surface area (Å²) < 4.78 is 18.3. The molecule has 1 amide bonds. The van der Waals surface area contributed by atoms with Crippen molar-refractivity contribution in [1.82, 2.24) is 25.3 Å². The second-order valence-electron chi connectivity index (χ2n) is 7.95. The van der Waals surface area contributed by atoms with Crippen LogP contribution in [0, 0.1) is 11.7 Å². The normalized spacial score (nSPS) is 14.3. The molecule has 1 fully saturated rings. The van der Waals surface area contributed by atoms with Crippen molar-refractivity contribution in [3.63, 3.8) is 0 Å². The maximum atomic E-state index is 13.3. The molecule has 0 unspecified atom stereocenters. The third kappa shape index (κ3) is 5.93. The summed E-state index contributed by atoms with van der Waals surface area (Å²) >= 11 is 0. The van der Waals surface area contributed by atoms with Gasteiger partial charge in [-0.05, 0) is 24.6 Å². The van der Waals surface area contributed by atoms with Crippen LogP contribution in [-0.4, -0.2) is 59.2 Å². The number of rotatable bonds is 10. The van der Waals surface area contributed by atoms with Crippen LogP contribution in [0.15, 0.2) is 48.9 Å². The van der Waals surface area contributed by atoms with Gasteiger partial charge in [0.15, 0.2) is 0 Å². The van der Waals surface area contributed by atoms with Crippen LogP contribution in [0.25, 0.3) is 0 Å². The highest BCUT2D eigenvalue weighted by atomic mass is 19.1. The lowest BCUT2D eigenvalue weighted by Gasteiger charge is -2.39. The Bertz CT molecular complexity index is 1090. The third-order valence-corrected chi connectivity index (χ3v) is 5.43. The quantitative estimate of drug-likeness (QED) is 0.388. The predicted molar refractivity (Wildman–Crippen MR) is 126 cm³/mol. The van der Waals surface area contributed by atoms with Crippen LogP contribution in [0.3, 0.4) is 0 Å². The van der Waals surface area contributed by atoms with Crippen molar-refractivity contribution in [2.75, 3.05) is 48.9 Å². The number of anilines is 4. The summed E-state index contributed by atoms with van der Waals surface area (Å²) in [4.78, 5) is 31.8. The SMILES string of the molecule is COCCNC(=O)C1CN(c2cc(Nc3cnccn3)nc(N[C@@H](C)c3ccc(F)cc3)n2)C1. The van der Waals surface area contributed by atoms with Gasteiger partial charge in [0, 0.05) is 45.2 Å². The number of aromatic nitrogens is 4. The molecule has 0 radical (unpaired) electrons. The van der Waals surface area contributed by atoms with E-state index in [1.54, 1.807) is 37.8 Å². The zero-order valence-corrected chi connectivity index (χ0v) is 19.0. The Morgan fingerprint density at radius 1 is 1.21 bits per heavy atom. The van der Waals surface area contributed by atoms with Crippen LogP contribution in [0.1, 0.15) is 18.5 Å². The summed E-state index contributed by atoms with van der Waals surface area (Å²) in [6.07, 6.45) is 4.77. The molecule has 0 aliphatic carbocycles. The molecule has 3 N–H and O–H groups in total. The van der Waals surface area contributed by atoms with Gasteiger partial charge in [0.2, 0.25) is 11.9 Å². The molecule has 1 saturated heterocycles. The summed E-state index contributed by atoms with van der Waals surface area (Å²) in [6.45, 7) is 4.01. The van der Waals surface area contributed by atoms with Gasteiger partial charge in [-0.1, -0.05) is 12.1 Å². The van der Waals surface area contributed by atoms with E-state index >= 15 is 0 Å². The molecule has 1 aromatic carbocycles. The number of ether oxygens (including phenoxy) is 1. The summed E-state index contributed by atoms with van der Waals surface area (Å²) in [6, 6.07) is 7.93. The number of nitrogens with zero attached hydrogens (tertiary/aromatic N) is 5. The Morgan fingerprint density at radius 3 is 2.71 bits per heavy atom. The third-order valence-electron chi connectivity index (χ3n) is 5.43. The molecular weight excluding hydrogens is 439 g/mol. The van der Waals surface area contributed by atoms with Crippen LogP contribution in [0.5, 0.6) is 0 Å². The van der Waals surface area contributed by atoms with Gasteiger partial charge in [0.05, 0.1) is 24.8 Å². The van der Waals surface area contributed by atoms with Crippen molar-refractivity contribution >= 4 is 29.3 Å². The molecule has 0 bridgehead atoms. The molecule has 34 heavy (non-hydrogen) atoms. The number of carbonyl (C=O) groups is 1. The van der Waals surface area contributed by atoms with Crippen LogP contribution < -0.4 is 20.9 Å². The first-order valence-electron chi connectivity index (χ1n) is 11.0. The van der Waals surface area contributed by atoms with Gasteiger partial charge >= 0.3 is 0 Å². The smallest absolute Gasteiger partial charge is 0.227 e. The average molecular weight is 467 g/mol. The van der Waals surface area contributed by atoms with Crippen LogP contribution in [0.2, 0.25) is 0 Å². The molecule has 1 aliphatic rings. The number of amides is 1. The molecule has 11 heteroatoms. The molecule has 3 aromatic rings. The van der Waals surface area contributed by atoms with Gasteiger partial charge in [0.1, 0.15) is 23.3 Å². The first-order chi connectivity index (χ1) is 16.5. The lowest BCUT2D eigenvalue weighted by Crippen LogP contribution is -2.54. The first-order valence-corrected chi connectivity index (χ1v) is 11.0. The van der Waals surface area contributed by atoms with E-state index in [0.29, 0.717) is 49.6 Å². The van der Waals surface area contributed by atoms with E-state index in [0.717, 1.165) is 5.56 Å². The van der Waals surface area contributed by atoms with Gasteiger partial charge in [-0.15, -0.1) is 0 Å². The molecule has 10 nitrogen and oxygen atoms in total. The Morgan fingerprint density at radius 2 is 2.00 bits per heavy atom. The van der Waals surface area contributed by atoms with Crippen LogP contribution >= 0.6 is 0 Å². The van der Waals surface area contributed by atoms with Crippen molar-refractivity contribution in [2.45, 2.75) is 13.0 Å². The number of hydrogen-bond acceptors (Lipinski definition) is 9. The summed E-state index contributed by atoms with van der Waals surface area (Å²) in [7, 11) is 1.60. The molecule has 178 valence electrons. The molecule has 3 heterocycles. The summed E-state index contributed by atoms with van der Waals surface area (Å²) in [5, 5.41) is 9.29. The van der Waals surface area contributed by atoms with E-state index in [9.17, 15) is 9.18 Å². The van der Waals surface area contributed by atoms with Crippen molar-refractivity contribution in [2.24, 2.45) is 5.92 Å². The monoisotopic (exact) mass is 466 g/mol. The number of halogens is 1. The predicted octanol–water partition coefficient (Wildman–Crippen LogP) is 2.52. The van der Waals surface area contributed by atoms with Gasteiger partial charge < -0.3 is 25.6 Å². The Labute approximate surface area is 197 Å². The second-order valence-corrected chi connectivity index (χ2v) is 7.95. The van der Waals surface area contributed by atoms with E-state index in [4.69, 9.17) is 4.74 Å². The number of nitrogens with one attached hydrogen (secondary N) is 3. The van der Waals surface area contributed by atoms with Gasteiger partial charge in [-0.2, -0.15) is 9.97 Å². The van der Waals surface area contributed by atoms with Crippen LogP contribution in [-0.2, 0) is 9.53 Å². The van der Waals surface area contributed by atoms with Crippen molar-refractivity contribution in [3.05, 3.63) is 60.3 Å². The molecule has 0 saturated carbocycles. The minimum atomic E-state index is -0.289. The fourth-order valence-electron chi connectivity index (χ4n) is 3.50.